The van der Waals surface area contributed by atoms with Gasteiger partial charge in [0.2, 0.25) is 10.0 Å². The van der Waals surface area contributed by atoms with Crippen molar-refractivity contribution in [2.75, 3.05) is 32.9 Å². The number of aliphatic hydroxyl groups is 2. The lowest BCUT2D eigenvalue weighted by Gasteiger charge is -2.22. The van der Waals surface area contributed by atoms with E-state index in [1.807, 2.05) is 0 Å². The van der Waals surface area contributed by atoms with E-state index >= 15 is 0 Å². The molecule has 0 spiro atoms. The summed E-state index contributed by atoms with van der Waals surface area (Å²) in [6.07, 6.45) is 0. The van der Waals surface area contributed by atoms with E-state index in [0.29, 0.717) is 17.2 Å². The van der Waals surface area contributed by atoms with E-state index in [1.54, 1.807) is 19.9 Å². The van der Waals surface area contributed by atoms with Crippen LogP contribution in [0.15, 0.2) is 17.0 Å². The Kier molecular flexibility index (Phi) is 6.89. The molecule has 0 heterocycles. The van der Waals surface area contributed by atoms with Crippen molar-refractivity contribution >= 4 is 21.6 Å². The molecule has 0 fully saturated rings. The van der Waals surface area contributed by atoms with Gasteiger partial charge in [0.1, 0.15) is 10.6 Å². The van der Waals surface area contributed by atoms with Crippen molar-refractivity contribution < 1.29 is 23.4 Å². The highest BCUT2D eigenvalue weighted by atomic mass is 35.5. The highest BCUT2D eigenvalue weighted by Crippen LogP contribution is 2.32. The predicted molar refractivity (Wildman–Crippen MR) is 80.3 cm³/mol. The maximum absolute atomic E-state index is 12.6. The molecule has 1 aromatic rings. The average molecular weight is 338 g/mol. The van der Waals surface area contributed by atoms with Crippen LogP contribution in [0.3, 0.4) is 0 Å². The lowest BCUT2D eigenvalue weighted by Crippen LogP contribution is -2.36. The maximum atomic E-state index is 12.6. The Bertz CT molecular complexity index is 570. The van der Waals surface area contributed by atoms with Gasteiger partial charge in [-0.15, -0.1) is 0 Å². The number of rotatable bonds is 8. The van der Waals surface area contributed by atoms with Gasteiger partial charge in [-0.25, -0.2) is 8.42 Å². The molecule has 1 rings (SSSR count). The number of hydrogen-bond acceptors (Lipinski definition) is 5. The van der Waals surface area contributed by atoms with Gasteiger partial charge in [-0.05, 0) is 31.5 Å². The minimum atomic E-state index is -3.91. The molecule has 0 radical (unpaired) electrons. The SMILES string of the molecule is CCOc1cc(C)c(Cl)cc1S(=O)(=O)N(CCO)CCO. The summed E-state index contributed by atoms with van der Waals surface area (Å²) in [6, 6.07) is 2.90. The summed E-state index contributed by atoms with van der Waals surface area (Å²) in [5.74, 6) is 0.209. The standard InChI is InChI=1S/C13H20ClNO5S/c1-3-20-12-8-10(2)11(14)9-13(12)21(18,19)15(4-6-16)5-7-17/h8-9,16-17H,3-7H2,1-2H3. The van der Waals surface area contributed by atoms with E-state index in [-0.39, 0.29) is 36.9 Å². The van der Waals surface area contributed by atoms with Gasteiger partial charge in [0.25, 0.3) is 0 Å². The monoisotopic (exact) mass is 337 g/mol. The molecule has 0 atom stereocenters. The van der Waals surface area contributed by atoms with Crippen LogP contribution in [0.25, 0.3) is 0 Å². The summed E-state index contributed by atoms with van der Waals surface area (Å²) < 4.78 is 31.6. The molecule has 8 heteroatoms. The van der Waals surface area contributed by atoms with E-state index in [9.17, 15) is 8.42 Å². The van der Waals surface area contributed by atoms with E-state index in [1.165, 1.54) is 6.07 Å². The summed E-state index contributed by atoms with van der Waals surface area (Å²) in [5, 5.41) is 18.3. The fourth-order valence-electron chi connectivity index (χ4n) is 1.82. The maximum Gasteiger partial charge on any atom is 0.246 e. The first-order valence-electron chi connectivity index (χ1n) is 6.53. The van der Waals surface area contributed by atoms with Gasteiger partial charge in [-0.2, -0.15) is 4.31 Å². The third kappa shape index (κ3) is 4.31. The molecule has 0 bridgehead atoms. The van der Waals surface area contributed by atoms with Crippen LogP contribution in [0.5, 0.6) is 5.75 Å². The van der Waals surface area contributed by atoms with Gasteiger partial charge in [0, 0.05) is 18.1 Å². The van der Waals surface area contributed by atoms with Crippen molar-refractivity contribution in [2.24, 2.45) is 0 Å². The Hall–Kier alpha value is -0.860. The topological polar surface area (TPSA) is 87.1 Å². The molecule has 0 unspecified atom stereocenters. The molecule has 21 heavy (non-hydrogen) atoms. The largest absolute Gasteiger partial charge is 0.492 e. The molecule has 0 aromatic heterocycles. The van der Waals surface area contributed by atoms with Crippen molar-refractivity contribution in [3.05, 3.63) is 22.7 Å². The second-order valence-corrected chi connectivity index (χ2v) is 6.65. The van der Waals surface area contributed by atoms with Crippen LogP contribution in [0.1, 0.15) is 12.5 Å². The minimum Gasteiger partial charge on any atom is -0.492 e. The highest BCUT2D eigenvalue weighted by Gasteiger charge is 2.28. The minimum absolute atomic E-state index is 0.0677. The quantitative estimate of drug-likeness (QED) is 0.739. The number of aliphatic hydroxyl groups excluding tert-OH is 2. The predicted octanol–water partition coefficient (Wildman–Crippen LogP) is 1.02. The van der Waals surface area contributed by atoms with Crippen LogP contribution in [0, 0.1) is 6.92 Å². The lowest BCUT2D eigenvalue weighted by atomic mass is 10.2. The van der Waals surface area contributed by atoms with Gasteiger partial charge in [-0.1, -0.05) is 11.6 Å². The Labute approximate surface area is 130 Å². The molecule has 120 valence electrons. The summed E-state index contributed by atoms with van der Waals surface area (Å²) >= 11 is 6.01. The second kappa shape index (κ2) is 7.95. The van der Waals surface area contributed by atoms with Crippen molar-refractivity contribution in [1.82, 2.24) is 4.31 Å². The molecule has 0 aliphatic carbocycles. The van der Waals surface area contributed by atoms with E-state index in [4.69, 9.17) is 26.6 Å². The average Bonchev–Trinajstić information content (AvgIpc) is 2.42. The van der Waals surface area contributed by atoms with Gasteiger partial charge in [0.05, 0.1) is 19.8 Å². The lowest BCUT2D eigenvalue weighted by molar-refractivity contribution is 0.217. The van der Waals surface area contributed by atoms with Crippen LogP contribution < -0.4 is 4.74 Å². The molecule has 0 aliphatic heterocycles. The summed E-state index contributed by atoms with van der Waals surface area (Å²) in [6.45, 7) is 2.90. The Morgan fingerprint density at radius 1 is 1.24 bits per heavy atom. The molecular formula is C13H20ClNO5S. The van der Waals surface area contributed by atoms with Crippen LogP contribution in [-0.2, 0) is 10.0 Å². The number of halogens is 1. The Balaban J connectivity index is 3.37. The number of benzene rings is 1. The van der Waals surface area contributed by atoms with E-state index in [2.05, 4.69) is 0 Å². The molecule has 0 saturated heterocycles. The molecular weight excluding hydrogens is 318 g/mol. The van der Waals surface area contributed by atoms with Gasteiger partial charge in [0.15, 0.2) is 0 Å². The Morgan fingerprint density at radius 2 is 1.81 bits per heavy atom. The normalized spacial score (nSPS) is 11.9. The molecule has 2 N–H and O–H groups in total. The van der Waals surface area contributed by atoms with Crippen molar-refractivity contribution in [3.63, 3.8) is 0 Å². The second-order valence-electron chi connectivity index (χ2n) is 4.33. The number of hydrogen-bond donors (Lipinski definition) is 2. The van der Waals surface area contributed by atoms with Crippen molar-refractivity contribution in [2.45, 2.75) is 18.7 Å². The number of aryl methyl sites for hydroxylation is 1. The zero-order chi connectivity index (χ0) is 16.0. The summed E-state index contributed by atoms with van der Waals surface area (Å²) in [4.78, 5) is -0.0677. The fourth-order valence-corrected chi connectivity index (χ4v) is 3.61. The van der Waals surface area contributed by atoms with Crippen LogP contribution in [0.2, 0.25) is 5.02 Å². The van der Waals surface area contributed by atoms with Gasteiger partial charge < -0.3 is 14.9 Å². The first kappa shape index (κ1) is 18.2. The fraction of sp³-hybridized carbons (Fsp3) is 0.538. The summed E-state index contributed by atoms with van der Waals surface area (Å²) in [5.41, 5.74) is 0.704. The number of sulfonamides is 1. The first-order valence-corrected chi connectivity index (χ1v) is 8.35. The van der Waals surface area contributed by atoms with Crippen LogP contribution in [0.4, 0.5) is 0 Å². The molecule has 0 saturated carbocycles. The van der Waals surface area contributed by atoms with Crippen molar-refractivity contribution in [3.8, 4) is 5.75 Å². The number of ether oxygens (including phenoxy) is 1. The molecule has 0 aliphatic rings. The third-order valence-electron chi connectivity index (χ3n) is 2.84. The van der Waals surface area contributed by atoms with E-state index < -0.39 is 10.0 Å². The highest BCUT2D eigenvalue weighted by molar-refractivity contribution is 7.89. The zero-order valence-corrected chi connectivity index (χ0v) is 13.6. The van der Waals surface area contributed by atoms with Crippen LogP contribution >= 0.6 is 11.6 Å². The smallest absolute Gasteiger partial charge is 0.246 e. The third-order valence-corrected chi connectivity index (χ3v) is 5.17. The number of nitrogens with zero attached hydrogens (tertiary/aromatic N) is 1. The molecule has 1 aromatic carbocycles. The Morgan fingerprint density at radius 3 is 2.29 bits per heavy atom. The zero-order valence-electron chi connectivity index (χ0n) is 12.0. The first-order chi connectivity index (χ1) is 9.88. The van der Waals surface area contributed by atoms with Crippen molar-refractivity contribution in [1.29, 1.82) is 0 Å². The van der Waals surface area contributed by atoms with Crippen LogP contribution in [-0.4, -0.2) is 55.8 Å². The van der Waals surface area contributed by atoms with Gasteiger partial charge >= 0.3 is 0 Å². The molecule has 6 nitrogen and oxygen atoms in total. The van der Waals surface area contributed by atoms with E-state index in [0.717, 1.165) is 4.31 Å². The summed E-state index contributed by atoms with van der Waals surface area (Å²) in [7, 11) is -3.91. The van der Waals surface area contributed by atoms with Gasteiger partial charge in [-0.3, -0.25) is 0 Å². The molecule has 0 amide bonds.